The number of ether oxygens (including phenoxy) is 1. The van der Waals surface area contributed by atoms with Gasteiger partial charge in [-0.15, -0.1) is 0 Å². The maximum Gasteiger partial charge on any atom is 0.225 e. The van der Waals surface area contributed by atoms with Crippen LogP contribution in [0.1, 0.15) is 25.7 Å². The average molecular weight is 323 g/mol. The fourth-order valence-electron chi connectivity index (χ4n) is 3.61. The van der Waals surface area contributed by atoms with E-state index in [1.807, 2.05) is 4.90 Å². The molecular formula is C16H25N3O4. The SMILES string of the molecule is CNC(=O)C1CC(=O)N(C2CN(C(=O)CC3(COC)CC3)C2)C1. The third-order valence-corrected chi connectivity index (χ3v) is 5.37. The zero-order chi connectivity index (χ0) is 16.6. The van der Waals surface area contributed by atoms with E-state index in [0.29, 0.717) is 32.7 Å². The van der Waals surface area contributed by atoms with Gasteiger partial charge in [-0.05, 0) is 12.8 Å². The molecule has 1 atom stereocenters. The first-order valence-electron chi connectivity index (χ1n) is 8.26. The van der Waals surface area contributed by atoms with E-state index in [2.05, 4.69) is 5.32 Å². The van der Waals surface area contributed by atoms with Crippen LogP contribution in [0.4, 0.5) is 0 Å². The Morgan fingerprint density at radius 1 is 1.30 bits per heavy atom. The lowest BCUT2D eigenvalue weighted by atomic mass is 10.00. The Morgan fingerprint density at radius 2 is 2.00 bits per heavy atom. The molecule has 1 N–H and O–H groups in total. The molecule has 128 valence electrons. The number of nitrogens with zero attached hydrogens (tertiary/aromatic N) is 2. The van der Waals surface area contributed by atoms with Gasteiger partial charge in [0.05, 0.1) is 18.6 Å². The van der Waals surface area contributed by atoms with Crippen LogP contribution in [0.2, 0.25) is 0 Å². The highest BCUT2D eigenvalue weighted by molar-refractivity contribution is 5.89. The molecule has 0 aromatic heterocycles. The summed E-state index contributed by atoms with van der Waals surface area (Å²) in [5.41, 5.74) is 0.0602. The fourth-order valence-corrected chi connectivity index (χ4v) is 3.61. The second kappa shape index (κ2) is 6.11. The van der Waals surface area contributed by atoms with Gasteiger partial charge in [0, 0.05) is 52.0 Å². The van der Waals surface area contributed by atoms with Crippen molar-refractivity contribution in [2.45, 2.75) is 31.7 Å². The first-order chi connectivity index (χ1) is 11.0. The lowest BCUT2D eigenvalue weighted by molar-refractivity contribution is -0.145. The van der Waals surface area contributed by atoms with Crippen LogP contribution < -0.4 is 5.32 Å². The fraction of sp³-hybridized carbons (Fsp3) is 0.812. The van der Waals surface area contributed by atoms with Crippen molar-refractivity contribution < 1.29 is 19.1 Å². The van der Waals surface area contributed by atoms with Crippen LogP contribution in [0.15, 0.2) is 0 Å². The molecular weight excluding hydrogens is 298 g/mol. The van der Waals surface area contributed by atoms with E-state index < -0.39 is 0 Å². The Kier molecular flexibility index (Phi) is 4.31. The number of methoxy groups -OCH3 is 1. The number of nitrogens with one attached hydrogen (secondary N) is 1. The van der Waals surface area contributed by atoms with Gasteiger partial charge in [-0.2, -0.15) is 0 Å². The van der Waals surface area contributed by atoms with E-state index in [-0.39, 0.29) is 41.5 Å². The van der Waals surface area contributed by atoms with E-state index in [1.54, 1.807) is 19.1 Å². The van der Waals surface area contributed by atoms with Crippen molar-refractivity contribution in [2.24, 2.45) is 11.3 Å². The topological polar surface area (TPSA) is 79.0 Å². The first-order valence-corrected chi connectivity index (χ1v) is 8.26. The number of amides is 3. The largest absolute Gasteiger partial charge is 0.384 e. The summed E-state index contributed by atoms with van der Waals surface area (Å²) in [5.74, 6) is -0.156. The van der Waals surface area contributed by atoms with Gasteiger partial charge in [0.15, 0.2) is 0 Å². The minimum absolute atomic E-state index is 0.0220. The van der Waals surface area contributed by atoms with Crippen molar-refractivity contribution in [3.05, 3.63) is 0 Å². The van der Waals surface area contributed by atoms with Gasteiger partial charge in [-0.3, -0.25) is 14.4 Å². The monoisotopic (exact) mass is 323 g/mol. The molecule has 3 amide bonds. The van der Waals surface area contributed by atoms with Crippen LogP contribution in [-0.4, -0.2) is 74.0 Å². The lowest BCUT2D eigenvalue weighted by Crippen LogP contribution is -2.61. The number of likely N-dealkylation sites (tertiary alicyclic amines) is 2. The van der Waals surface area contributed by atoms with Crippen LogP contribution in [-0.2, 0) is 19.1 Å². The van der Waals surface area contributed by atoms with Crippen LogP contribution >= 0.6 is 0 Å². The molecule has 1 unspecified atom stereocenters. The Hall–Kier alpha value is -1.63. The summed E-state index contributed by atoms with van der Waals surface area (Å²) >= 11 is 0. The molecule has 0 aromatic rings. The quantitative estimate of drug-likeness (QED) is 0.722. The van der Waals surface area contributed by atoms with Gasteiger partial charge in [-0.25, -0.2) is 0 Å². The zero-order valence-corrected chi connectivity index (χ0v) is 13.8. The maximum atomic E-state index is 12.3. The summed E-state index contributed by atoms with van der Waals surface area (Å²) in [7, 11) is 3.26. The molecule has 0 spiro atoms. The van der Waals surface area contributed by atoms with Gasteiger partial charge in [0.25, 0.3) is 0 Å². The summed E-state index contributed by atoms with van der Waals surface area (Å²) in [5, 5.41) is 2.60. The molecule has 7 heteroatoms. The summed E-state index contributed by atoms with van der Waals surface area (Å²) in [6.07, 6.45) is 2.94. The highest BCUT2D eigenvalue weighted by Gasteiger charge is 2.48. The van der Waals surface area contributed by atoms with Crippen LogP contribution in [0.5, 0.6) is 0 Å². The van der Waals surface area contributed by atoms with E-state index >= 15 is 0 Å². The lowest BCUT2D eigenvalue weighted by Gasteiger charge is -2.44. The second-order valence-corrected chi connectivity index (χ2v) is 7.12. The Bertz CT molecular complexity index is 511. The molecule has 2 saturated heterocycles. The van der Waals surface area contributed by atoms with Gasteiger partial charge >= 0.3 is 0 Å². The second-order valence-electron chi connectivity index (χ2n) is 7.12. The zero-order valence-electron chi connectivity index (χ0n) is 13.8. The van der Waals surface area contributed by atoms with E-state index in [4.69, 9.17) is 4.74 Å². The predicted octanol–water partition coefficient (Wildman–Crippen LogP) is -0.392. The third kappa shape index (κ3) is 3.20. The van der Waals surface area contributed by atoms with Crippen LogP contribution in [0.25, 0.3) is 0 Å². The minimum atomic E-state index is -0.256. The number of rotatable bonds is 6. The Labute approximate surface area is 136 Å². The summed E-state index contributed by atoms with van der Waals surface area (Å²) in [6.45, 7) is 2.30. The summed E-state index contributed by atoms with van der Waals surface area (Å²) < 4.78 is 5.20. The average Bonchev–Trinajstić information content (AvgIpc) is 3.11. The van der Waals surface area contributed by atoms with Crippen LogP contribution in [0, 0.1) is 11.3 Å². The maximum absolute atomic E-state index is 12.3. The van der Waals surface area contributed by atoms with E-state index in [0.717, 1.165) is 12.8 Å². The van der Waals surface area contributed by atoms with Crippen molar-refractivity contribution in [2.75, 3.05) is 40.4 Å². The van der Waals surface area contributed by atoms with Crippen LogP contribution in [0.3, 0.4) is 0 Å². The number of hydrogen-bond acceptors (Lipinski definition) is 4. The molecule has 1 aliphatic carbocycles. The Balaban J connectivity index is 1.47. The number of carbonyl (C=O) groups excluding carboxylic acids is 3. The Morgan fingerprint density at radius 3 is 2.57 bits per heavy atom. The molecule has 3 fully saturated rings. The molecule has 23 heavy (non-hydrogen) atoms. The number of carbonyl (C=O) groups is 3. The predicted molar refractivity (Wildman–Crippen MR) is 82.4 cm³/mol. The van der Waals surface area contributed by atoms with Crippen molar-refractivity contribution >= 4 is 17.7 Å². The standard InChI is InChI=1S/C16H25N3O4/c1-17-15(22)11-5-13(20)19(7-11)12-8-18(9-12)14(21)6-16(3-4-16)10-23-2/h11-12H,3-10H2,1-2H3,(H,17,22). The van der Waals surface area contributed by atoms with Crippen molar-refractivity contribution in [1.82, 2.24) is 15.1 Å². The highest BCUT2D eigenvalue weighted by atomic mass is 16.5. The van der Waals surface area contributed by atoms with E-state index in [9.17, 15) is 14.4 Å². The normalized spacial score (nSPS) is 26.2. The first kappa shape index (κ1) is 16.2. The summed E-state index contributed by atoms with van der Waals surface area (Å²) in [4.78, 5) is 39.6. The highest BCUT2D eigenvalue weighted by Crippen LogP contribution is 2.49. The molecule has 7 nitrogen and oxygen atoms in total. The molecule has 0 bridgehead atoms. The van der Waals surface area contributed by atoms with Gasteiger partial charge in [0.1, 0.15) is 0 Å². The molecule has 3 aliphatic rings. The molecule has 3 rings (SSSR count). The van der Waals surface area contributed by atoms with Gasteiger partial charge in [0.2, 0.25) is 17.7 Å². The summed E-state index contributed by atoms with van der Waals surface area (Å²) in [6, 6.07) is 0.0682. The molecule has 2 aliphatic heterocycles. The van der Waals surface area contributed by atoms with Crippen molar-refractivity contribution in [1.29, 1.82) is 0 Å². The van der Waals surface area contributed by atoms with Crippen molar-refractivity contribution in [3.8, 4) is 0 Å². The smallest absolute Gasteiger partial charge is 0.225 e. The molecule has 0 radical (unpaired) electrons. The molecule has 2 heterocycles. The molecule has 1 saturated carbocycles. The number of hydrogen-bond donors (Lipinski definition) is 1. The van der Waals surface area contributed by atoms with Gasteiger partial charge in [-0.1, -0.05) is 0 Å². The third-order valence-electron chi connectivity index (χ3n) is 5.37. The van der Waals surface area contributed by atoms with Gasteiger partial charge < -0.3 is 19.9 Å². The van der Waals surface area contributed by atoms with Crippen molar-refractivity contribution in [3.63, 3.8) is 0 Å². The minimum Gasteiger partial charge on any atom is -0.384 e. The molecule has 0 aromatic carbocycles. The van der Waals surface area contributed by atoms with E-state index in [1.165, 1.54) is 0 Å².